The van der Waals surface area contributed by atoms with Crippen molar-refractivity contribution in [2.75, 3.05) is 0 Å². The van der Waals surface area contributed by atoms with E-state index in [0.717, 1.165) is 11.1 Å². The molecule has 0 spiro atoms. The first-order chi connectivity index (χ1) is 15.5. The number of carbonyl (C=O) groups excluding carboxylic acids is 2. The highest BCUT2D eigenvalue weighted by molar-refractivity contribution is 7.16. The summed E-state index contributed by atoms with van der Waals surface area (Å²) in [5.74, 6) is -0.248. The van der Waals surface area contributed by atoms with Gasteiger partial charge < -0.3 is 0 Å². The van der Waals surface area contributed by atoms with Crippen LogP contribution < -0.4 is 5.56 Å². The van der Waals surface area contributed by atoms with Crippen molar-refractivity contribution in [3.8, 4) is 5.13 Å². The highest BCUT2D eigenvalue weighted by atomic mass is 32.1. The number of carbonyl (C=O) groups is 2. The number of Topliss-reactive ketones (excluding diaryl/α,β-unsaturated/α-hetero) is 2. The molecule has 2 aromatic carbocycles. The van der Waals surface area contributed by atoms with Crippen LogP contribution in [0.4, 0.5) is 0 Å². The van der Waals surface area contributed by atoms with Crippen molar-refractivity contribution in [2.24, 2.45) is 0 Å². The fourth-order valence-corrected chi connectivity index (χ4v) is 4.51. The average molecular weight is 443 g/mol. The minimum Gasteiger partial charge on any atom is -0.294 e. The van der Waals surface area contributed by atoms with Crippen molar-refractivity contribution >= 4 is 22.9 Å². The van der Waals surface area contributed by atoms with Crippen molar-refractivity contribution in [1.82, 2.24) is 9.55 Å². The van der Waals surface area contributed by atoms with E-state index in [0.29, 0.717) is 28.5 Å². The molecular formula is C26H22N2O3S. The summed E-state index contributed by atoms with van der Waals surface area (Å²) in [4.78, 5) is 43.5. The zero-order valence-electron chi connectivity index (χ0n) is 17.7. The molecule has 5 nitrogen and oxygen atoms in total. The second kappa shape index (κ2) is 9.66. The Bertz CT molecular complexity index is 1310. The molecular weight excluding hydrogens is 420 g/mol. The van der Waals surface area contributed by atoms with E-state index in [4.69, 9.17) is 0 Å². The Balaban J connectivity index is 1.55. The van der Waals surface area contributed by atoms with Crippen molar-refractivity contribution in [2.45, 2.75) is 26.2 Å². The van der Waals surface area contributed by atoms with Crippen molar-refractivity contribution < 1.29 is 9.59 Å². The maximum atomic E-state index is 13.0. The van der Waals surface area contributed by atoms with E-state index in [-0.39, 0.29) is 23.6 Å². The van der Waals surface area contributed by atoms with E-state index in [1.54, 1.807) is 19.2 Å². The maximum Gasteiger partial charge on any atom is 0.267 e. The van der Waals surface area contributed by atoms with Crippen LogP contribution in [-0.2, 0) is 12.8 Å². The van der Waals surface area contributed by atoms with Crippen LogP contribution in [0.15, 0.2) is 83.8 Å². The molecule has 0 aliphatic rings. The predicted octanol–water partition coefficient (Wildman–Crippen LogP) is 4.84. The van der Waals surface area contributed by atoms with Crippen LogP contribution in [0.2, 0.25) is 0 Å². The van der Waals surface area contributed by atoms with Crippen LogP contribution in [0.1, 0.15) is 43.3 Å². The van der Waals surface area contributed by atoms with Crippen LogP contribution in [0.3, 0.4) is 0 Å². The van der Waals surface area contributed by atoms with Crippen LogP contribution in [0.5, 0.6) is 0 Å². The van der Waals surface area contributed by atoms with Gasteiger partial charge in [0.1, 0.15) is 0 Å². The topological polar surface area (TPSA) is 69.0 Å². The number of pyridine rings is 1. The van der Waals surface area contributed by atoms with E-state index in [9.17, 15) is 14.4 Å². The van der Waals surface area contributed by atoms with Gasteiger partial charge in [0.2, 0.25) is 0 Å². The number of benzene rings is 2. The molecule has 0 radical (unpaired) electrons. The molecule has 0 aliphatic carbocycles. The molecule has 0 bridgehead atoms. The monoisotopic (exact) mass is 442 g/mol. The SMILES string of the molecule is Cc1nc(-n2cccc(C(=O)Cc3ccccc3)c2=O)sc1C(=O)CCc1ccccc1. The second-order valence-electron chi connectivity index (χ2n) is 7.50. The first-order valence-electron chi connectivity index (χ1n) is 10.4. The third kappa shape index (κ3) is 4.81. The maximum absolute atomic E-state index is 13.0. The molecule has 2 heterocycles. The van der Waals surface area contributed by atoms with E-state index in [1.807, 2.05) is 60.7 Å². The number of rotatable bonds is 8. The lowest BCUT2D eigenvalue weighted by atomic mass is 10.0. The Hall–Kier alpha value is -3.64. The van der Waals surface area contributed by atoms with Gasteiger partial charge in [-0.3, -0.25) is 19.0 Å². The lowest BCUT2D eigenvalue weighted by molar-refractivity contribution is 0.0980. The number of hydrogen-bond acceptors (Lipinski definition) is 5. The fourth-order valence-electron chi connectivity index (χ4n) is 3.49. The van der Waals surface area contributed by atoms with Crippen molar-refractivity contribution in [3.05, 3.63) is 117 Å². The number of thiazole rings is 1. The zero-order valence-corrected chi connectivity index (χ0v) is 18.5. The van der Waals surface area contributed by atoms with Crippen LogP contribution >= 0.6 is 11.3 Å². The molecule has 0 saturated heterocycles. The summed E-state index contributed by atoms with van der Waals surface area (Å²) in [6.45, 7) is 1.77. The summed E-state index contributed by atoms with van der Waals surface area (Å²) in [6.07, 6.45) is 2.76. The van der Waals surface area contributed by atoms with Crippen LogP contribution in [-0.4, -0.2) is 21.1 Å². The molecule has 0 atom stereocenters. The van der Waals surface area contributed by atoms with Gasteiger partial charge >= 0.3 is 0 Å². The van der Waals surface area contributed by atoms with Gasteiger partial charge in [0.25, 0.3) is 5.56 Å². The molecule has 32 heavy (non-hydrogen) atoms. The molecule has 0 unspecified atom stereocenters. The Morgan fingerprint density at radius 3 is 2.22 bits per heavy atom. The lowest BCUT2D eigenvalue weighted by Gasteiger charge is -2.05. The second-order valence-corrected chi connectivity index (χ2v) is 8.48. The summed E-state index contributed by atoms with van der Waals surface area (Å²) < 4.78 is 1.35. The number of aromatic nitrogens is 2. The molecule has 2 aromatic heterocycles. The van der Waals surface area contributed by atoms with Crippen molar-refractivity contribution in [1.29, 1.82) is 0 Å². The average Bonchev–Trinajstić information content (AvgIpc) is 3.20. The molecule has 0 N–H and O–H groups in total. The summed E-state index contributed by atoms with van der Waals surface area (Å²) in [7, 11) is 0. The molecule has 0 amide bonds. The Kier molecular flexibility index (Phi) is 6.52. The summed E-state index contributed by atoms with van der Waals surface area (Å²) >= 11 is 1.19. The highest BCUT2D eigenvalue weighted by Crippen LogP contribution is 2.23. The first kappa shape index (κ1) is 21.6. The first-order valence-corrected chi connectivity index (χ1v) is 11.2. The quantitative estimate of drug-likeness (QED) is 0.366. The molecule has 4 rings (SSSR count). The number of nitrogens with zero attached hydrogens (tertiary/aromatic N) is 2. The molecule has 0 aliphatic heterocycles. The Labute approximate surface area is 190 Å². The van der Waals surface area contributed by atoms with E-state index in [2.05, 4.69) is 4.98 Å². The van der Waals surface area contributed by atoms with E-state index < -0.39 is 5.56 Å². The summed E-state index contributed by atoms with van der Waals surface area (Å²) in [6, 6.07) is 22.4. The van der Waals surface area contributed by atoms with E-state index >= 15 is 0 Å². The smallest absolute Gasteiger partial charge is 0.267 e. The van der Waals surface area contributed by atoms with Crippen LogP contribution in [0.25, 0.3) is 5.13 Å². The minimum absolute atomic E-state index is 0.000499. The summed E-state index contributed by atoms with van der Waals surface area (Å²) in [5.41, 5.74) is 2.23. The zero-order chi connectivity index (χ0) is 22.5. The normalized spacial score (nSPS) is 10.8. The van der Waals surface area contributed by atoms with Gasteiger partial charge in [0, 0.05) is 19.0 Å². The Morgan fingerprint density at radius 2 is 1.53 bits per heavy atom. The van der Waals surface area contributed by atoms with Gasteiger partial charge in [-0.25, -0.2) is 4.98 Å². The molecule has 0 fully saturated rings. The molecule has 6 heteroatoms. The number of aryl methyl sites for hydroxylation is 2. The van der Waals surface area contributed by atoms with Gasteiger partial charge in [0.15, 0.2) is 16.7 Å². The van der Waals surface area contributed by atoms with Gasteiger partial charge in [-0.05, 0) is 36.6 Å². The van der Waals surface area contributed by atoms with E-state index in [1.165, 1.54) is 22.0 Å². The minimum atomic E-state index is -0.425. The van der Waals surface area contributed by atoms with Gasteiger partial charge in [-0.15, -0.1) is 0 Å². The molecule has 160 valence electrons. The Morgan fingerprint density at radius 1 is 0.875 bits per heavy atom. The molecule has 0 saturated carbocycles. The molecule has 4 aromatic rings. The van der Waals surface area contributed by atoms with Gasteiger partial charge in [-0.1, -0.05) is 72.0 Å². The largest absolute Gasteiger partial charge is 0.294 e. The van der Waals surface area contributed by atoms with Crippen LogP contribution in [0, 0.1) is 6.92 Å². The summed E-state index contributed by atoms with van der Waals surface area (Å²) in [5, 5.41) is 0.393. The third-order valence-corrected chi connectivity index (χ3v) is 6.38. The predicted molar refractivity (Wildman–Crippen MR) is 126 cm³/mol. The standard InChI is InChI=1S/C26H22N2O3S/c1-18-24(22(29)15-14-19-9-4-2-5-10-19)32-26(27-18)28-16-8-13-21(25(28)31)23(30)17-20-11-6-3-7-12-20/h2-13,16H,14-15,17H2,1H3. The van der Waals surface area contributed by atoms with Crippen molar-refractivity contribution in [3.63, 3.8) is 0 Å². The fraction of sp³-hybridized carbons (Fsp3) is 0.154. The van der Waals surface area contributed by atoms with Gasteiger partial charge in [0.05, 0.1) is 16.1 Å². The third-order valence-electron chi connectivity index (χ3n) is 5.18. The number of ketones is 2. The highest BCUT2D eigenvalue weighted by Gasteiger charge is 2.19. The number of hydrogen-bond donors (Lipinski definition) is 0. The van der Waals surface area contributed by atoms with Gasteiger partial charge in [-0.2, -0.15) is 0 Å². The lowest BCUT2D eigenvalue weighted by Crippen LogP contribution is -2.25.